The second-order valence-corrected chi connectivity index (χ2v) is 1.89. The normalized spacial score (nSPS) is 30.5. The fourth-order valence-electron chi connectivity index (χ4n) is 0.218. The molecule has 1 N–H and O–H groups in total. The van der Waals surface area contributed by atoms with Crippen LogP contribution in [0.2, 0.25) is 0 Å². The van der Waals surface area contributed by atoms with Gasteiger partial charge in [-0.3, -0.25) is 0 Å². The molecule has 0 bridgehead atoms. The van der Waals surface area contributed by atoms with Crippen molar-refractivity contribution in [1.29, 1.82) is 0 Å². The first kappa shape index (κ1) is 4.15. The monoisotopic (exact) mass is 148 g/mol. The van der Waals surface area contributed by atoms with Crippen molar-refractivity contribution >= 4 is 15.9 Å². The van der Waals surface area contributed by atoms with Crippen LogP contribution >= 0.6 is 15.9 Å². The van der Waals surface area contributed by atoms with Crippen LogP contribution in [0.5, 0.6) is 0 Å². The van der Waals surface area contributed by atoms with Crippen LogP contribution in [0.3, 0.4) is 0 Å². The Bertz CT molecular complexity index is 73.2. The van der Waals surface area contributed by atoms with Gasteiger partial charge in [0.25, 0.3) is 0 Å². The summed E-state index contributed by atoms with van der Waals surface area (Å²) in [5.74, 6) is 0. The zero-order chi connectivity index (χ0) is 4.41. The Labute approximate surface area is 44.3 Å². The molecule has 1 radical (unpaired) electrons. The Morgan fingerprint density at radius 1 is 2.00 bits per heavy atom. The molecule has 0 fully saturated rings. The topological polar surface area (TPSA) is 21.3 Å². The molecule has 0 amide bonds. The van der Waals surface area contributed by atoms with Crippen molar-refractivity contribution in [1.82, 2.24) is 5.48 Å². The van der Waals surface area contributed by atoms with Crippen molar-refractivity contribution in [2.24, 2.45) is 0 Å². The summed E-state index contributed by atoms with van der Waals surface area (Å²) in [6.07, 6.45) is 4.23. The van der Waals surface area contributed by atoms with Gasteiger partial charge in [0.15, 0.2) is 6.26 Å². The first-order valence-corrected chi connectivity index (χ1v) is 2.45. The smallest absolute Gasteiger partial charge is 0.189 e. The van der Waals surface area contributed by atoms with E-state index in [4.69, 9.17) is 0 Å². The van der Waals surface area contributed by atoms with Gasteiger partial charge >= 0.3 is 0 Å². The van der Waals surface area contributed by atoms with Crippen LogP contribution in [-0.4, -0.2) is 4.95 Å². The Morgan fingerprint density at radius 2 is 2.83 bits per heavy atom. The molecule has 2 nitrogen and oxygen atoms in total. The third kappa shape index (κ3) is 0.725. The van der Waals surface area contributed by atoms with Crippen LogP contribution in [-0.2, 0) is 4.84 Å². The summed E-state index contributed by atoms with van der Waals surface area (Å²) < 4.78 is 0. The minimum absolute atomic E-state index is 0.150. The van der Waals surface area contributed by atoms with E-state index >= 15 is 0 Å². The summed E-state index contributed by atoms with van der Waals surface area (Å²) in [7, 11) is 0. The lowest BCUT2D eigenvalue weighted by Crippen LogP contribution is -2.11. The van der Waals surface area contributed by atoms with E-state index in [-0.39, 0.29) is 4.95 Å². The molecule has 33 valence electrons. The quantitative estimate of drug-likeness (QED) is 0.401. The Morgan fingerprint density at radius 3 is 3.00 bits per heavy atom. The summed E-state index contributed by atoms with van der Waals surface area (Å²) in [6.45, 7) is 0. The highest BCUT2D eigenvalue weighted by Gasteiger charge is 2.01. The Kier molecular flexibility index (Phi) is 1.12. The van der Waals surface area contributed by atoms with E-state index in [9.17, 15) is 0 Å². The number of hydrogen-bond donors (Lipinski definition) is 1. The van der Waals surface area contributed by atoms with Gasteiger partial charge in [-0.15, -0.1) is 5.48 Å². The van der Waals surface area contributed by atoms with Gasteiger partial charge in [0.05, 0.1) is 0 Å². The highest BCUT2D eigenvalue weighted by molar-refractivity contribution is 9.09. The lowest BCUT2D eigenvalue weighted by atomic mass is 10.7. The number of nitrogens with one attached hydrogen (secondary N) is 1. The highest BCUT2D eigenvalue weighted by Crippen LogP contribution is 2.00. The lowest BCUT2D eigenvalue weighted by Gasteiger charge is -1.91. The van der Waals surface area contributed by atoms with Crippen molar-refractivity contribution in [2.75, 3.05) is 0 Å². The number of alkyl halides is 1. The molecule has 0 saturated heterocycles. The van der Waals surface area contributed by atoms with E-state index in [1.807, 2.05) is 0 Å². The predicted octanol–water partition coefficient (Wildman–Crippen LogP) is 0.559. The molecule has 1 heterocycles. The van der Waals surface area contributed by atoms with Gasteiger partial charge in [0, 0.05) is 0 Å². The molecule has 0 saturated carbocycles. The molecule has 3 heteroatoms. The molecule has 1 atom stereocenters. The zero-order valence-electron chi connectivity index (χ0n) is 2.94. The predicted molar refractivity (Wildman–Crippen MR) is 24.7 cm³/mol. The van der Waals surface area contributed by atoms with Crippen LogP contribution in [0.1, 0.15) is 0 Å². The van der Waals surface area contributed by atoms with Gasteiger partial charge in [0.2, 0.25) is 0 Å². The van der Waals surface area contributed by atoms with Crippen molar-refractivity contribution in [3.8, 4) is 0 Å². The summed E-state index contributed by atoms with van der Waals surface area (Å²) in [6, 6.07) is 0. The van der Waals surface area contributed by atoms with Crippen LogP contribution in [0.15, 0.2) is 6.08 Å². The Balaban J connectivity index is 2.38. The number of hydrogen-bond acceptors (Lipinski definition) is 2. The van der Waals surface area contributed by atoms with Gasteiger partial charge in [0.1, 0.15) is 4.95 Å². The second kappa shape index (κ2) is 1.62. The summed E-state index contributed by atoms with van der Waals surface area (Å²) in [5.41, 5.74) is 2.57. The molecule has 0 aliphatic carbocycles. The maximum Gasteiger partial charge on any atom is 0.189 e. The molecule has 0 aromatic rings. The highest BCUT2D eigenvalue weighted by atomic mass is 79.9. The first-order valence-electron chi connectivity index (χ1n) is 1.54. The van der Waals surface area contributed by atoms with E-state index in [1.54, 1.807) is 6.08 Å². The van der Waals surface area contributed by atoms with Crippen molar-refractivity contribution in [3.63, 3.8) is 0 Å². The van der Waals surface area contributed by atoms with Gasteiger partial charge < -0.3 is 4.84 Å². The van der Waals surface area contributed by atoms with Gasteiger partial charge in [-0.1, -0.05) is 15.9 Å². The second-order valence-electron chi connectivity index (χ2n) is 0.906. The van der Waals surface area contributed by atoms with Crippen LogP contribution < -0.4 is 5.48 Å². The largest absolute Gasteiger partial charge is 0.404 e. The van der Waals surface area contributed by atoms with Gasteiger partial charge in [-0.25, -0.2) is 0 Å². The molecular formula is C3H3BrNO. The van der Waals surface area contributed by atoms with Gasteiger partial charge in [-0.05, 0) is 6.08 Å². The van der Waals surface area contributed by atoms with Crippen LogP contribution in [0.4, 0.5) is 0 Å². The zero-order valence-corrected chi connectivity index (χ0v) is 4.53. The SMILES string of the molecule is BrC1C=[C]ON1. The molecule has 0 aromatic heterocycles. The molecule has 0 spiro atoms. The summed E-state index contributed by atoms with van der Waals surface area (Å²) in [5, 5.41) is 0. The van der Waals surface area contributed by atoms with E-state index in [1.165, 1.54) is 0 Å². The van der Waals surface area contributed by atoms with Gasteiger partial charge in [-0.2, -0.15) is 0 Å². The van der Waals surface area contributed by atoms with Crippen molar-refractivity contribution in [2.45, 2.75) is 4.95 Å². The molecule has 1 unspecified atom stereocenters. The van der Waals surface area contributed by atoms with Crippen molar-refractivity contribution in [3.05, 3.63) is 12.3 Å². The molecule has 6 heavy (non-hydrogen) atoms. The summed E-state index contributed by atoms with van der Waals surface area (Å²) in [4.78, 5) is 4.60. The van der Waals surface area contributed by atoms with Crippen LogP contribution in [0, 0.1) is 6.26 Å². The number of halogens is 1. The van der Waals surface area contributed by atoms with Crippen LogP contribution in [0.25, 0.3) is 0 Å². The maximum atomic E-state index is 4.45. The first-order chi connectivity index (χ1) is 2.89. The minimum Gasteiger partial charge on any atom is -0.404 e. The lowest BCUT2D eigenvalue weighted by molar-refractivity contribution is 0.146. The maximum absolute atomic E-state index is 4.45. The van der Waals surface area contributed by atoms with E-state index in [0.29, 0.717) is 0 Å². The summed E-state index contributed by atoms with van der Waals surface area (Å²) >= 11 is 3.18. The Hall–Kier alpha value is -0.0200. The molecule has 1 aliphatic heterocycles. The number of hydroxylamine groups is 1. The standard InChI is InChI=1S/C3H3BrNO/c4-3-1-2-6-5-3/h1,3,5H. The average Bonchev–Trinajstić information content (AvgIpc) is 1.86. The van der Waals surface area contributed by atoms with E-state index < -0.39 is 0 Å². The average molecular weight is 149 g/mol. The van der Waals surface area contributed by atoms with Crippen molar-refractivity contribution < 1.29 is 4.84 Å². The van der Waals surface area contributed by atoms with E-state index in [2.05, 4.69) is 32.5 Å². The fourth-order valence-corrected chi connectivity index (χ4v) is 0.419. The molecule has 1 rings (SSSR count). The third-order valence-corrected chi connectivity index (χ3v) is 0.896. The number of rotatable bonds is 0. The van der Waals surface area contributed by atoms with E-state index in [0.717, 1.165) is 0 Å². The molecular weight excluding hydrogens is 146 g/mol. The fraction of sp³-hybridized carbons (Fsp3) is 0.333. The third-order valence-electron chi connectivity index (χ3n) is 0.445. The minimum atomic E-state index is 0.150. The molecule has 0 aromatic carbocycles. The molecule has 1 aliphatic rings.